The van der Waals surface area contributed by atoms with Gasteiger partial charge in [0.15, 0.2) is 0 Å². The van der Waals surface area contributed by atoms with E-state index in [1.54, 1.807) is 18.3 Å². The molecule has 7 heteroatoms. The summed E-state index contributed by atoms with van der Waals surface area (Å²) in [5.74, 6) is -0.480. The van der Waals surface area contributed by atoms with Gasteiger partial charge >= 0.3 is 0 Å². The first-order chi connectivity index (χ1) is 13.4. The molecule has 0 saturated heterocycles. The average molecular weight is 379 g/mol. The fraction of sp³-hybridized carbons (Fsp3) is 0.238. The van der Waals surface area contributed by atoms with Gasteiger partial charge in [0, 0.05) is 30.4 Å². The number of benzene rings is 2. The lowest BCUT2D eigenvalue weighted by atomic mass is 9.93. The quantitative estimate of drug-likeness (QED) is 0.626. The molecule has 2 aromatic rings. The lowest BCUT2D eigenvalue weighted by molar-refractivity contribution is -0.385. The van der Waals surface area contributed by atoms with Gasteiger partial charge in [0.2, 0.25) is 11.8 Å². The van der Waals surface area contributed by atoms with Crippen molar-refractivity contribution >= 4 is 29.3 Å². The highest BCUT2D eigenvalue weighted by Gasteiger charge is 2.28. The maximum absolute atomic E-state index is 12.7. The van der Waals surface area contributed by atoms with E-state index in [1.165, 1.54) is 17.9 Å². The highest BCUT2D eigenvalue weighted by atomic mass is 16.6. The van der Waals surface area contributed by atoms with Gasteiger partial charge < -0.3 is 10.2 Å². The fourth-order valence-electron chi connectivity index (χ4n) is 3.41. The lowest BCUT2D eigenvalue weighted by Gasteiger charge is -2.32. The first-order valence-electron chi connectivity index (χ1n) is 9.04. The van der Waals surface area contributed by atoms with Crippen LogP contribution in [0.5, 0.6) is 0 Å². The van der Waals surface area contributed by atoms with Crippen LogP contribution in [0.15, 0.2) is 48.7 Å². The molecule has 0 aromatic heterocycles. The minimum atomic E-state index is -0.450. The zero-order chi connectivity index (χ0) is 20.3. The second kappa shape index (κ2) is 8.04. The van der Waals surface area contributed by atoms with Gasteiger partial charge in [-0.2, -0.15) is 0 Å². The highest BCUT2D eigenvalue weighted by Crippen LogP contribution is 2.33. The summed E-state index contributed by atoms with van der Waals surface area (Å²) >= 11 is 0. The molecule has 1 aliphatic heterocycles. The Balaban J connectivity index is 1.82. The second-order valence-corrected chi connectivity index (χ2v) is 6.59. The monoisotopic (exact) mass is 379 g/mol. The summed E-state index contributed by atoms with van der Waals surface area (Å²) in [6.45, 7) is 3.29. The molecular weight excluding hydrogens is 358 g/mol. The summed E-state index contributed by atoms with van der Waals surface area (Å²) < 4.78 is 0. The SMILES string of the molecule is CCc1ccc(NC(=O)C[C@H]2c3ccccc3C=CN2C(C)=O)cc1[N+](=O)[O-]. The van der Waals surface area contributed by atoms with E-state index in [0.29, 0.717) is 17.7 Å². The van der Waals surface area contributed by atoms with E-state index in [4.69, 9.17) is 0 Å². The minimum Gasteiger partial charge on any atom is -0.326 e. The zero-order valence-corrected chi connectivity index (χ0v) is 15.7. The molecule has 2 amide bonds. The van der Waals surface area contributed by atoms with Crippen molar-refractivity contribution in [2.75, 3.05) is 5.32 Å². The van der Waals surface area contributed by atoms with E-state index in [-0.39, 0.29) is 23.9 Å². The third-order valence-corrected chi connectivity index (χ3v) is 4.79. The van der Waals surface area contributed by atoms with Gasteiger partial charge in [0.1, 0.15) is 0 Å². The van der Waals surface area contributed by atoms with E-state index in [2.05, 4.69) is 5.32 Å². The Morgan fingerprint density at radius 2 is 1.96 bits per heavy atom. The Morgan fingerprint density at radius 1 is 1.21 bits per heavy atom. The van der Waals surface area contributed by atoms with Gasteiger partial charge in [-0.1, -0.05) is 37.3 Å². The Morgan fingerprint density at radius 3 is 2.64 bits per heavy atom. The molecule has 0 saturated carbocycles. The van der Waals surface area contributed by atoms with Crippen LogP contribution in [0.2, 0.25) is 0 Å². The van der Waals surface area contributed by atoms with Gasteiger partial charge in [0.05, 0.1) is 17.4 Å². The predicted octanol–water partition coefficient (Wildman–Crippen LogP) is 4.06. The molecule has 1 aliphatic rings. The van der Waals surface area contributed by atoms with Crippen molar-refractivity contribution in [2.24, 2.45) is 0 Å². The summed E-state index contributed by atoms with van der Waals surface area (Å²) in [6, 6.07) is 11.8. The molecule has 0 spiro atoms. The van der Waals surface area contributed by atoms with Crippen molar-refractivity contribution < 1.29 is 14.5 Å². The summed E-state index contributed by atoms with van der Waals surface area (Å²) in [6.07, 6.45) is 4.11. The van der Waals surface area contributed by atoms with Crippen molar-refractivity contribution in [3.05, 3.63) is 75.5 Å². The molecule has 7 nitrogen and oxygen atoms in total. The van der Waals surface area contributed by atoms with Crippen LogP contribution in [0, 0.1) is 10.1 Å². The Labute approximate surface area is 162 Å². The van der Waals surface area contributed by atoms with E-state index < -0.39 is 11.0 Å². The average Bonchev–Trinajstić information content (AvgIpc) is 2.67. The third kappa shape index (κ3) is 3.93. The largest absolute Gasteiger partial charge is 0.326 e. The first kappa shape index (κ1) is 19.3. The number of rotatable bonds is 5. The van der Waals surface area contributed by atoms with Gasteiger partial charge in [-0.15, -0.1) is 0 Å². The number of amides is 2. The minimum absolute atomic E-state index is 0.0170. The number of fused-ring (bicyclic) bond motifs is 1. The lowest BCUT2D eigenvalue weighted by Crippen LogP contribution is -2.33. The van der Waals surface area contributed by atoms with Gasteiger partial charge in [-0.3, -0.25) is 19.7 Å². The molecule has 1 atom stereocenters. The number of hydrogen-bond acceptors (Lipinski definition) is 4. The summed E-state index contributed by atoms with van der Waals surface area (Å²) in [5, 5.41) is 14.0. The van der Waals surface area contributed by atoms with Crippen LogP contribution in [0.1, 0.15) is 43.0 Å². The molecule has 144 valence electrons. The maximum Gasteiger partial charge on any atom is 0.274 e. The molecule has 0 fully saturated rings. The fourth-order valence-corrected chi connectivity index (χ4v) is 3.41. The van der Waals surface area contributed by atoms with Crippen LogP contribution < -0.4 is 5.32 Å². The molecule has 2 aromatic carbocycles. The van der Waals surface area contributed by atoms with E-state index in [9.17, 15) is 19.7 Å². The third-order valence-electron chi connectivity index (χ3n) is 4.79. The zero-order valence-electron chi connectivity index (χ0n) is 15.7. The van der Waals surface area contributed by atoms with Crippen molar-refractivity contribution in [1.82, 2.24) is 4.90 Å². The number of nitro benzene ring substituents is 1. The number of carbonyl (C=O) groups is 2. The number of hydrogen-bond donors (Lipinski definition) is 1. The summed E-state index contributed by atoms with van der Waals surface area (Å²) in [4.78, 5) is 37.0. The molecule has 1 heterocycles. The Bertz CT molecular complexity index is 968. The molecule has 3 rings (SSSR count). The van der Waals surface area contributed by atoms with Crippen molar-refractivity contribution in [3.8, 4) is 0 Å². The maximum atomic E-state index is 12.7. The number of nitro groups is 1. The second-order valence-electron chi connectivity index (χ2n) is 6.59. The first-order valence-corrected chi connectivity index (χ1v) is 9.04. The summed E-state index contributed by atoms with van der Waals surface area (Å²) in [5.41, 5.74) is 2.81. The van der Waals surface area contributed by atoms with Crippen molar-refractivity contribution in [1.29, 1.82) is 0 Å². The van der Waals surface area contributed by atoms with E-state index >= 15 is 0 Å². The van der Waals surface area contributed by atoms with E-state index in [0.717, 1.165) is 11.1 Å². The Hall–Kier alpha value is -3.48. The van der Waals surface area contributed by atoms with Crippen LogP contribution in [-0.4, -0.2) is 21.6 Å². The number of carbonyl (C=O) groups excluding carboxylic acids is 2. The highest BCUT2D eigenvalue weighted by molar-refractivity contribution is 5.92. The number of nitrogens with one attached hydrogen (secondary N) is 1. The van der Waals surface area contributed by atoms with Gasteiger partial charge in [-0.05, 0) is 29.7 Å². The molecule has 0 unspecified atom stereocenters. The van der Waals surface area contributed by atoms with Gasteiger partial charge in [0.25, 0.3) is 5.69 Å². The van der Waals surface area contributed by atoms with Crippen LogP contribution in [0.25, 0.3) is 6.08 Å². The van der Waals surface area contributed by atoms with Crippen molar-refractivity contribution in [2.45, 2.75) is 32.7 Å². The molecule has 0 aliphatic carbocycles. The predicted molar refractivity (Wildman–Crippen MR) is 106 cm³/mol. The summed E-state index contributed by atoms with van der Waals surface area (Å²) in [7, 11) is 0. The standard InChI is InChI=1S/C21H21N3O4/c1-3-15-8-9-17(12-19(15)24(27)28)22-21(26)13-20-18-7-5-4-6-16(18)10-11-23(20)14(2)25/h4-12,20H,3,13H2,1-2H3,(H,22,26)/t20-/m0/s1. The Kier molecular flexibility index (Phi) is 5.54. The number of nitrogens with zero attached hydrogens (tertiary/aromatic N) is 2. The van der Waals surface area contributed by atoms with Gasteiger partial charge in [-0.25, -0.2) is 0 Å². The van der Waals surface area contributed by atoms with Crippen LogP contribution >= 0.6 is 0 Å². The van der Waals surface area contributed by atoms with Crippen molar-refractivity contribution in [3.63, 3.8) is 0 Å². The smallest absolute Gasteiger partial charge is 0.274 e. The molecule has 0 bridgehead atoms. The number of anilines is 1. The molecule has 1 N–H and O–H groups in total. The van der Waals surface area contributed by atoms with Crippen LogP contribution in [0.4, 0.5) is 11.4 Å². The topological polar surface area (TPSA) is 92.6 Å². The van der Waals surface area contributed by atoms with Crippen LogP contribution in [0.3, 0.4) is 0 Å². The van der Waals surface area contributed by atoms with E-state index in [1.807, 2.05) is 37.3 Å². The normalized spacial score (nSPS) is 15.1. The van der Waals surface area contributed by atoms with Crippen LogP contribution in [-0.2, 0) is 16.0 Å². The number of aryl methyl sites for hydroxylation is 1. The molecular formula is C21H21N3O4. The molecule has 28 heavy (non-hydrogen) atoms. The molecule has 0 radical (unpaired) electrons.